The van der Waals surface area contributed by atoms with Crippen molar-refractivity contribution in [3.63, 3.8) is 0 Å². The van der Waals surface area contributed by atoms with Crippen LogP contribution in [0.2, 0.25) is 0 Å². The number of nitrogens with one attached hydrogen (secondary N) is 1. The van der Waals surface area contributed by atoms with E-state index in [0.717, 1.165) is 25.3 Å². The molecule has 1 unspecified atom stereocenters. The molecule has 0 fully saturated rings. The SMILES string of the molecule is CCN1CCc2cc(OC)c(OC)cc2C1CNC(=O)c1ccc2c(c1)OCO2. The average molecular weight is 398 g/mol. The molecular formula is C22H26N2O5. The standard InChI is InChI=1S/C22H26N2O5/c1-4-24-8-7-14-9-19(26-2)20(27-3)11-16(14)17(24)12-23-22(25)15-5-6-18-21(10-15)29-13-28-18/h5-6,9-11,17H,4,7-8,12-13H2,1-3H3,(H,23,25). The van der Waals surface area contributed by atoms with Gasteiger partial charge in [0.25, 0.3) is 5.91 Å². The van der Waals surface area contributed by atoms with E-state index in [1.165, 1.54) is 11.1 Å². The van der Waals surface area contributed by atoms with Gasteiger partial charge in [0.05, 0.1) is 20.3 Å². The lowest BCUT2D eigenvalue weighted by Gasteiger charge is -2.37. The second kappa shape index (κ2) is 8.21. The third-order valence-corrected chi connectivity index (χ3v) is 5.61. The molecule has 1 N–H and O–H groups in total. The van der Waals surface area contributed by atoms with Gasteiger partial charge in [-0.25, -0.2) is 0 Å². The molecule has 0 bridgehead atoms. The highest BCUT2D eigenvalue weighted by molar-refractivity contribution is 5.95. The van der Waals surface area contributed by atoms with Crippen LogP contribution < -0.4 is 24.3 Å². The van der Waals surface area contributed by atoms with Gasteiger partial charge in [0.2, 0.25) is 6.79 Å². The topological polar surface area (TPSA) is 69.3 Å². The maximum absolute atomic E-state index is 12.7. The molecule has 154 valence electrons. The van der Waals surface area contributed by atoms with Gasteiger partial charge in [-0.05, 0) is 54.4 Å². The first-order chi connectivity index (χ1) is 14.1. The fourth-order valence-electron chi connectivity index (χ4n) is 4.03. The molecule has 2 aliphatic rings. The number of methoxy groups -OCH3 is 2. The van der Waals surface area contributed by atoms with Crippen LogP contribution in [0.15, 0.2) is 30.3 Å². The van der Waals surface area contributed by atoms with E-state index >= 15 is 0 Å². The van der Waals surface area contributed by atoms with E-state index in [1.54, 1.807) is 32.4 Å². The highest BCUT2D eigenvalue weighted by atomic mass is 16.7. The van der Waals surface area contributed by atoms with Crippen LogP contribution in [0, 0.1) is 0 Å². The Kier molecular flexibility index (Phi) is 5.49. The molecule has 2 aromatic rings. The number of likely N-dealkylation sites (N-methyl/N-ethyl adjacent to an activating group) is 1. The van der Waals surface area contributed by atoms with E-state index in [0.29, 0.717) is 29.4 Å². The molecule has 0 aliphatic carbocycles. The molecule has 2 aromatic carbocycles. The minimum absolute atomic E-state index is 0.0708. The van der Waals surface area contributed by atoms with Crippen LogP contribution in [0.5, 0.6) is 23.0 Å². The van der Waals surface area contributed by atoms with Crippen LogP contribution in [-0.2, 0) is 6.42 Å². The van der Waals surface area contributed by atoms with Crippen LogP contribution in [0.4, 0.5) is 0 Å². The zero-order valence-electron chi connectivity index (χ0n) is 17.0. The summed E-state index contributed by atoms with van der Waals surface area (Å²) in [5, 5.41) is 3.08. The Labute approximate surface area is 170 Å². The Morgan fingerprint density at radius 1 is 1.14 bits per heavy atom. The van der Waals surface area contributed by atoms with Crippen LogP contribution in [0.3, 0.4) is 0 Å². The van der Waals surface area contributed by atoms with E-state index in [2.05, 4.69) is 17.1 Å². The van der Waals surface area contributed by atoms with Gasteiger partial charge < -0.3 is 24.3 Å². The number of carbonyl (C=O) groups is 1. The van der Waals surface area contributed by atoms with Crippen molar-refractivity contribution >= 4 is 5.91 Å². The van der Waals surface area contributed by atoms with Crippen molar-refractivity contribution in [3.05, 3.63) is 47.0 Å². The monoisotopic (exact) mass is 398 g/mol. The summed E-state index contributed by atoms with van der Waals surface area (Å²) < 4.78 is 21.6. The first-order valence-electron chi connectivity index (χ1n) is 9.81. The maximum atomic E-state index is 12.7. The van der Waals surface area contributed by atoms with Crippen molar-refractivity contribution in [1.29, 1.82) is 0 Å². The van der Waals surface area contributed by atoms with E-state index in [1.807, 2.05) is 12.1 Å². The van der Waals surface area contributed by atoms with Gasteiger partial charge in [0, 0.05) is 18.7 Å². The Balaban J connectivity index is 1.55. The highest BCUT2D eigenvalue weighted by Gasteiger charge is 2.29. The Bertz CT molecular complexity index is 914. The summed E-state index contributed by atoms with van der Waals surface area (Å²) >= 11 is 0. The Morgan fingerprint density at radius 3 is 2.66 bits per heavy atom. The number of hydrogen-bond donors (Lipinski definition) is 1. The Morgan fingerprint density at radius 2 is 1.90 bits per heavy atom. The number of fused-ring (bicyclic) bond motifs is 2. The molecule has 0 saturated carbocycles. The molecule has 2 heterocycles. The fourth-order valence-corrected chi connectivity index (χ4v) is 4.03. The summed E-state index contributed by atoms with van der Waals surface area (Å²) in [6.07, 6.45) is 0.941. The number of carbonyl (C=O) groups excluding carboxylic acids is 1. The molecular weight excluding hydrogens is 372 g/mol. The molecule has 0 spiro atoms. The minimum atomic E-state index is -0.132. The second-order valence-electron chi connectivity index (χ2n) is 7.08. The van der Waals surface area contributed by atoms with E-state index in [4.69, 9.17) is 18.9 Å². The molecule has 1 amide bonds. The molecule has 0 saturated heterocycles. The summed E-state index contributed by atoms with van der Waals surface area (Å²) in [5.74, 6) is 2.58. The van der Waals surface area contributed by atoms with E-state index < -0.39 is 0 Å². The lowest BCUT2D eigenvalue weighted by atomic mass is 9.91. The second-order valence-corrected chi connectivity index (χ2v) is 7.08. The predicted octanol–water partition coefficient (Wildman–Crippen LogP) is 2.78. The molecule has 7 nitrogen and oxygen atoms in total. The van der Waals surface area contributed by atoms with Gasteiger partial charge in [-0.15, -0.1) is 0 Å². The van der Waals surface area contributed by atoms with Gasteiger partial charge >= 0.3 is 0 Å². The van der Waals surface area contributed by atoms with Crippen molar-refractivity contribution in [3.8, 4) is 23.0 Å². The number of nitrogens with zero attached hydrogens (tertiary/aromatic N) is 1. The minimum Gasteiger partial charge on any atom is -0.493 e. The van der Waals surface area contributed by atoms with Gasteiger partial charge in [0.15, 0.2) is 23.0 Å². The summed E-state index contributed by atoms with van der Waals surface area (Å²) in [4.78, 5) is 15.1. The van der Waals surface area contributed by atoms with Crippen molar-refractivity contribution in [2.24, 2.45) is 0 Å². The largest absolute Gasteiger partial charge is 0.493 e. The number of benzene rings is 2. The predicted molar refractivity (Wildman–Crippen MR) is 108 cm³/mol. The average Bonchev–Trinajstić information content (AvgIpc) is 3.23. The van der Waals surface area contributed by atoms with Gasteiger partial charge in [0.1, 0.15) is 0 Å². The molecule has 4 rings (SSSR count). The Hall–Kier alpha value is -2.93. The molecule has 7 heteroatoms. The molecule has 29 heavy (non-hydrogen) atoms. The zero-order chi connectivity index (χ0) is 20.4. The lowest BCUT2D eigenvalue weighted by molar-refractivity contribution is 0.0930. The summed E-state index contributed by atoms with van der Waals surface area (Å²) in [6, 6.07) is 9.40. The normalized spacial score (nSPS) is 17.6. The van der Waals surface area contributed by atoms with Crippen molar-refractivity contribution in [1.82, 2.24) is 10.2 Å². The molecule has 0 radical (unpaired) electrons. The third-order valence-electron chi connectivity index (χ3n) is 5.61. The molecule has 1 atom stereocenters. The fraction of sp³-hybridized carbons (Fsp3) is 0.409. The van der Waals surface area contributed by atoms with E-state index in [-0.39, 0.29) is 18.7 Å². The first-order valence-corrected chi connectivity index (χ1v) is 9.81. The number of ether oxygens (including phenoxy) is 4. The number of hydrogen-bond acceptors (Lipinski definition) is 6. The highest BCUT2D eigenvalue weighted by Crippen LogP contribution is 2.38. The van der Waals surface area contributed by atoms with Crippen LogP contribution in [-0.4, -0.2) is 51.5 Å². The third kappa shape index (κ3) is 3.70. The van der Waals surface area contributed by atoms with Crippen molar-refractivity contribution in [2.45, 2.75) is 19.4 Å². The van der Waals surface area contributed by atoms with Crippen molar-refractivity contribution < 1.29 is 23.7 Å². The maximum Gasteiger partial charge on any atom is 0.251 e. The molecule has 0 aromatic heterocycles. The van der Waals surface area contributed by atoms with Crippen molar-refractivity contribution in [2.75, 3.05) is 40.6 Å². The van der Waals surface area contributed by atoms with Gasteiger partial charge in [-0.3, -0.25) is 9.69 Å². The molecule has 2 aliphatic heterocycles. The number of rotatable bonds is 6. The van der Waals surface area contributed by atoms with Crippen LogP contribution in [0.25, 0.3) is 0 Å². The van der Waals surface area contributed by atoms with Crippen LogP contribution in [0.1, 0.15) is 34.5 Å². The smallest absolute Gasteiger partial charge is 0.251 e. The first kappa shape index (κ1) is 19.4. The van der Waals surface area contributed by atoms with Gasteiger partial charge in [-0.1, -0.05) is 6.92 Å². The van der Waals surface area contributed by atoms with E-state index in [9.17, 15) is 4.79 Å². The quantitative estimate of drug-likeness (QED) is 0.807. The van der Waals surface area contributed by atoms with Gasteiger partial charge in [-0.2, -0.15) is 0 Å². The summed E-state index contributed by atoms with van der Waals surface area (Å²) in [7, 11) is 3.29. The lowest BCUT2D eigenvalue weighted by Crippen LogP contribution is -2.42. The zero-order valence-corrected chi connectivity index (χ0v) is 17.0. The number of amides is 1. The van der Waals surface area contributed by atoms with Crippen LogP contribution >= 0.6 is 0 Å². The summed E-state index contributed by atoms with van der Waals surface area (Å²) in [5.41, 5.74) is 2.96. The summed E-state index contributed by atoms with van der Waals surface area (Å²) in [6.45, 7) is 4.67.